The Balaban J connectivity index is 1.97. The zero-order valence-corrected chi connectivity index (χ0v) is 12.0. The van der Waals surface area contributed by atoms with E-state index < -0.39 is 0 Å². The largest absolute Gasteiger partial charge is 0.310 e. The molecule has 0 saturated carbocycles. The molecule has 0 fully saturated rings. The Morgan fingerprint density at radius 2 is 1.86 bits per heavy atom. The quantitative estimate of drug-likeness (QED) is 0.482. The summed E-state index contributed by atoms with van der Waals surface area (Å²) in [5.74, 6) is 0. The minimum atomic E-state index is 0.518. The van der Waals surface area contributed by atoms with Crippen molar-refractivity contribution in [1.29, 1.82) is 5.26 Å². The maximum atomic E-state index is 9.14. The van der Waals surface area contributed by atoms with Gasteiger partial charge in [0.25, 0.3) is 0 Å². The number of nitrogens with zero attached hydrogens (tertiary/aromatic N) is 1. The fourth-order valence-corrected chi connectivity index (χ4v) is 2.06. The number of hydrogen-bond acceptors (Lipinski definition) is 4. The van der Waals surface area contributed by atoms with Gasteiger partial charge in [-0.3, -0.25) is 0 Å². The van der Waals surface area contributed by atoms with Crippen molar-refractivity contribution >= 4 is 0 Å². The molecule has 0 atom stereocenters. The van der Waals surface area contributed by atoms with Crippen molar-refractivity contribution < 1.29 is 9.78 Å². The Morgan fingerprint density at radius 1 is 1.10 bits per heavy atom. The standard InChI is InChI=1S/C17H18N2O2/c1-20-21-11-10-19-13-14-6-8-15(9-7-14)17-5-3-2-4-16(17)12-18/h2-9,19H,10-11,13H2,1H3. The molecule has 4 heteroatoms. The van der Waals surface area contributed by atoms with Crippen LogP contribution in [-0.4, -0.2) is 20.3 Å². The van der Waals surface area contributed by atoms with Crippen LogP contribution in [0.5, 0.6) is 0 Å². The summed E-state index contributed by atoms with van der Waals surface area (Å²) in [5.41, 5.74) is 3.90. The maximum Gasteiger partial charge on any atom is 0.0998 e. The molecule has 2 aromatic rings. The van der Waals surface area contributed by atoms with Crippen LogP contribution in [0.15, 0.2) is 48.5 Å². The highest BCUT2D eigenvalue weighted by atomic mass is 17.2. The van der Waals surface area contributed by atoms with Gasteiger partial charge >= 0.3 is 0 Å². The van der Waals surface area contributed by atoms with Crippen LogP contribution >= 0.6 is 0 Å². The fraction of sp³-hybridized carbons (Fsp3) is 0.235. The van der Waals surface area contributed by atoms with Gasteiger partial charge < -0.3 is 5.32 Å². The third kappa shape index (κ3) is 4.40. The van der Waals surface area contributed by atoms with Crippen LogP contribution in [0.2, 0.25) is 0 Å². The van der Waals surface area contributed by atoms with Crippen LogP contribution in [0, 0.1) is 11.3 Å². The maximum absolute atomic E-state index is 9.14. The van der Waals surface area contributed by atoms with Gasteiger partial charge in [-0.05, 0) is 22.8 Å². The molecule has 1 N–H and O–H groups in total. The van der Waals surface area contributed by atoms with E-state index in [1.54, 1.807) is 0 Å². The lowest BCUT2D eigenvalue weighted by Crippen LogP contribution is -2.18. The Kier molecular flexibility index (Phi) is 5.92. The average Bonchev–Trinajstić information content (AvgIpc) is 2.55. The molecule has 0 aliphatic heterocycles. The van der Waals surface area contributed by atoms with Gasteiger partial charge in [-0.25, -0.2) is 9.78 Å². The van der Waals surface area contributed by atoms with Crippen molar-refractivity contribution in [2.75, 3.05) is 20.3 Å². The molecule has 0 unspecified atom stereocenters. The molecule has 4 nitrogen and oxygen atoms in total. The lowest BCUT2D eigenvalue weighted by atomic mass is 9.99. The van der Waals surface area contributed by atoms with Gasteiger partial charge in [0.2, 0.25) is 0 Å². The lowest BCUT2D eigenvalue weighted by Gasteiger charge is -2.07. The first-order valence-corrected chi connectivity index (χ1v) is 6.80. The molecule has 0 heterocycles. The van der Waals surface area contributed by atoms with E-state index in [1.165, 1.54) is 12.7 Å². The van der Waals surface area contributed by atoms with E-state index in [0.29, 0.717) is 12.2 Å². The molecule has 0 aromatic heterocycles. The molecule has 0 aliphatic rings. The first-order chi connectivity index (χ1) is 10.3. The molecular formula is C17H18N2O2. The molecular weight excluding hydrogens is 264 g/mol. The number of nitriles is 1. The van der Waals surface area contributed by atoms with Gasteiger partial charge in [0.05, 0.1) is 25.3 Å². The molecule has 21 heavy (non-hydrogen) atoms. The highest BCUT2D eigenvalue weighted by Crippen LogP contribution is 2.23. The van der Waals surface area contributed by atoms with E-state index in [9.17, 15) is 0 Å². The Bertz CT molecular complexity index is 603. The second kappa shape index (κ2) is 8.18. The van der Waals surface area contributed by atoms with Crippen LogP contribution in [0.25, 0.3) is 11.1 Å². The summed E-state index contributed by atoms with van der Waals surface area (Å²) in [6.07, 6.45) is 0. The van der Waals surface area contributed by atoms with Gasteiger partial charge in [-0.2, -0.15) is 5.26 Å². The normalized spacial score (nSPS) is 10.3. The SMILES string of the molecule is COOCCNCc1ccc(-c2ccccc2C#N)cc1. The number of rotatable bonds is 7. The van der Waals surface area contributed by atoms with Crippen LogP contribution in [-0.2, 0) is 16.3 Å². The molecule has 0 bridgehead atoms. The Morgan fingerprint density at radius 3 is 2.57 bits per heavy atom. The first-order valence-electron chi connectivity index (χ1n) is 6.80. The summed E-state index contributed by atoms with van der Waals surface area (Å²) in [4.78, 5) is 9.30. The predicted molar refractivity (Wildman–Crippen MR) is 81.3 cm³/mol. The van der Waals surface area contributed by atoms with Gasteiger partial charge in [-0.15, -0.1) is 0 Å². The van der Waals surface area contributed by atoms with Crippen molar-refractivity contribution in [3.05, 3.63) is 59.7 Å². The van der Waals surface area contributed by atoms with Crippen molar-refractivity contribution in [3.8, 4) is 17.2 Å². The third-order valence-electron chi connectivity index (χ3n) is 3.12. The third-order valence-corrected chi connectivity index (χ3v) is 3.12. The van der Waals surface area contributed by atoms with Gasteiger partial charge in [-0.1, -0.05) is 42.5 Å². The van der Waals surface area contributed by atoms with Crippen LogP contribution in [0.3, 0.4) is 0 Å². The van der Waals surface area contributed by atoms with E-state index in [4.69, 9.17) is 10.1 Å². The van der Waals surface area contributed by atoms with E-state index in [2.05, 4.69) is 28.4 Å². The van der Waals surface area contributed by atoms with Crippen molar-refractivity contribution in [2.24, 2.45) is 0 Å². The second-order valence-electron chi connectivity index (χ2n) is 4.52. The summed E-state index contributed by atoms with van der Waals surface area (Å²) < 4.78 is 0. The minimum absolute atomic E-state index is 0.518. The highest BCUT2D eigenvalue weighted by molar-refractivity contribution is 5.70. The Hall–Kier alpha value is -2.19. The monoisotopic (exact) mass is 282 g/mol. The summed E-state index contributed by atoms with van der Waals surface area (Å²) >= 11 is 0. The predicted octanol–water partition coefficient (Wildman–Crippen LogP) is 2.89. The van der Waals surface area contributed by atoms with Crippen molar-refractivity contribution in [2.45, 2.75) is 6.54 Å². The zero-order chi connectivity index (χ0) is 14.9. The van der Waals surface area contributed by atoms with Crippen LogP contribution < -0.4 is 5.32 Å². The van der Waals surface area contributed by atoms with E-state index >= 15 is 0 Å². The summed E-state index contributed by atoms with van der Waals surface area (Å²) in [6, 6.07) is 18.1. The number of nitrogens with one attached hydrogen (secondary N) is 1. The summed E-state index contributed by atoms with van der Waals surface area (Å²) in [6.45, 7) is 2.02. The number of benzene rings is 2. The highest BCUT2D eigenvalue weighted by Gasteiger charge is 2.03. The zero-order valence-electron chi connectivity index (χ0n) is 12.0. The van der Waals surface area contributed by atoms with Crippen molar-refractivity contribution in [1.82, 2.24) is 5.32 Å². The van der Waals surface area contributed by atoms with Crippen molar-refractivity contribution in [3.63, 3.8) is 0 Å². The Labute approximate surface area is 124 Å². The first kappa shape index (κ1) is 15.2. The minimum Gasteiger partial charge on any atom is -0.310 e. The van der Waals surface area contributed by atoms with Gasteiger partial charge in [0, 0.05) is 13.1 Å². The van der Waals surface area contributed by atoms with Crippen LogP contribution in [0.1, 0.15) is 11.1 Å². The van der Waals surface area contributed by atoms with E-state index in [1.807, 2.05) is 36.4 Å². The molecule has 0 amide bonds. The summed E-state index contributed by atoms with van der Waals surface area (Å²) in [7, 11) is 1.50. The molecule has 0 spiro atoms. The lowest BCUT2D eigenvalue weighted by molar-refractivity contribution is -0.270. The topological polar surface area (TPSA) is 54.3 Å². The summed E-state index contributed by atoms with van der Waals surface area (Å²) in [5, 5.41) is 12.4. The average molecular weight is 282 g/mol. The molecule has 108 valence electrons. The van der Waals surface area contributed by atoms with E-state index in [-0.39, 0.29) is 0 Å². The molecule has 2 aromatic carbocycles. The fourth-order valence-electron chi connectivity index (χ4n) is 2.06. The molecule has 0 radical (unpaired) electrons. The second-order valence-corrected chi connectivity index (χ2v) is 4.52. The smallest absolute Gasteiger partial charge is 0.0998 e. The van der Waals surface area contributed by atoms with Gasteiger partial charge in [0.1, 0.15) is 0 Å². The van der Waals surface area contributed by atoms with Gasteiger partial charge in [0.15, 0.2) is 0 Å². The van der Waals surface area contributed by atoms with E-state index in [0.717, 1.165) is 24.2 Å². The molecule has 0 aliphatic carbocycles. The molecule has 0 saturated heterocycles. The number of hydrogen-bond donors (Lipinski definition) is 1. The van der Waals surface area contributed by atoms with Crippen LogP contribution in [0.4, 0.5) is 0 Å². The molecule has 2 rings (SSSR count).